The van der Waals surface area contributed by atoms with Crippen LogP contribution in [0.25, 0.3) is 0 Å². The van der Waals surface area contributed by atoms with Gasteiger partial charge in [-0.15, -0.1) is 0 Å². The molecule has 1 aliphatic rings. The highest BCUT2D eigenvalue weighted by atomic mass is 16.4. The molecule has 1 aromatic carbocycles. The van der Waals surface area contributed by atoms with Crippen molar-refractivity contribution in [2.45, 2.75) is 64.7 Å². The number of rotatable bonds is 5. The predicted molar refractivity (Wildman–Crippen MR) is 91.2 cm³/mol. The number of hydrogen-bond donors (Lipinski definition) is 1. The SMILES string of the molecule is CC/C(=C/C1CCC(c2ccc(C(C)C)cc2)CC1)C(=O)O. The molecule has 1 saturated carbocycles. The molecule has 0 aliphatic heterocycles. The molecule has 0 heterocycles. The van der Waals surface area contributed by atoms with Crippen molar-refractivity contribution in [3.05, 3.63) is 47.0 Å². The number of aliphatic carboxylic acids is 1. The number of allylic oxidation sites excluding steroid dienone is 1. The fourth-order valence-corrected chi connectivity index (χ4v) is 3.40. The maximum absolute atomic E-state index is 11.1. The van der Waals surface area contributed by atoms with Crippen molar-refractivity contribution < 1.29 is 9.90 Å². The Morgan fingerprint density at radius 3 is 2.23 bits per heavy atom. The van der Waals surface area contributed by atoms with Crippen LogP contribution in [-0.4, -0.2) is 11.1 Å². The number of carboxylic acids is 1. The van der Waals surface area contributed by atoms with E-state index in [1.807, 2.05) is 13.0 Å². The quantitative estimate of drug-likeness (QED) is 0.728. The number of carboxylic acid groups (broad SMARTS) is 1. The summed E-state index contributed by atoms with van der Waals surface area (Å²) in [6, 6.07) is 9.08. The van der Waals surface area contributed by atoms with Crippen LogP contribution in [0.5, 0.6) is 0 Å². The molecule has 0 bridgehead atoms. The van der Waals surface area contributed by atoms with Crippen molar-refractivity contribution in [2.75, 3.05) is 0 Å². The van der Waals surface area contributed by atoms with E-state index in [9.17, 15) is 4.79 Å². The number of carbonyl (C=O) groups is 1. The van der Waals surface area contributed by atoms with E-state index in [2.05, 4.69) is 38.1 Å². The van der Waals surface area contributed by atoms with Gasteiger partial charge in [0.1, 0.15) is 0 Å². The van der Waals surface area contributed by atoms with E-state index in [0.29, 0.717) is 29.7 Å². The van der Waals surface area contributed by atoms with E-state index in [1.165, 1.54) is 24.0 Å². The summed E-state index contributed by atoms with van der Waals surface area (Å²) in [7, 11) is 0. The second-order valence-electron chi connectivity index (χ2n) is 6.78. The molecule has 1 aromatic rings. The summed E-state index contributed by atoms with van der Waals surface area (Å²) in [6.07, 6.45) is 7.16. The standard InChI is InChI=1S/C20H28O2/c1-4-16(20(21)22)13-15-5-7-18(8-6-15)19-11-9-17(10-12-19)14(2)3/h9-15,18H,4-8H2,1-3H3,(H,21,22)/b16-13-. The van der Waals surface area contributed by atoms with Crippen molar-refractivity contribution in [1.82, 2.24) is 0 Å². The van der Waals surface area contributed by atoms with Gasteiger partial charge in [0.15, 0.2) is 0 Å². The van der Waals surface area contributed by atoms with Gasteiger partial charge in [0, 0.05) is 5.57 Å². The highest BCUT2D eigenvalue weighted by molar-refractivity contribution is 5.86. The molecule has 0 saturated heterocycles. The Hall–Kier alpha value is -1.57. The van der Waals surface area contributed by atoms with E-state index < -0.39 is 5.97 Å². The molecular formula is C20H28O2. The van der Waals surface area contributed by atoms with Crippen LogP contribution in [0.4, 0.5) is 0 Å². The average molecular weight is 300 g/mol. The molecule has 1 fully saturated rings. The van der Waals surface area contributed by atoms with Gasteiger partial charge in [-0.05, 0) is 61.0 Å². The van der Waals surface area contributed by atoms with Crippen molar-refractivity contribution in [3.8, 4) is 0 Å². The molecule has 0 unspecified atom stereocenters. The maximum Gasteiger partial charge on any atom is 0.331 e. The monoisotopic (exact) mass is 300 g/mol. The summed E-state index contributed by atoms with van der Waals surface area (Å²) in [4.78, 5) is 11.1. The zero-order valence-corrected chi connectivity index (χ0v) is 14.0. The highest BCUT2D eigenvalue weighted by Gasteiger charge is 2.22. The van der Waals surface area contributed by atoms with Gasteiger partial charge in [0.2, 0.25) is 0 Å². The first-order valence-electron chi connectivity index (χ1n) is 8.55. The van der Waals surface area contributed by atoms with Gasteiger partial charge in [-0.2, -0.15) is 0 Å². The molecule has 1 aliphatic carbocycles. The fourth-order valence-electron chi connectivity index (χ4n) is 3.40. The average Bonchev–Trinajstić information content (AvgIpc) is 2.53. The van der Waals surface area contributed by atoms with Crippen LogP contribution in [0, 0.1) is 5.92 Å². The molecule has 0 radical (unpaired) electrons. The van der Waals surface area contributed by atoms with Gasteiger partial charge in [0.25, 0.3) is 0 Å². The second-order valence-corrected chi connectivity index (χ2v) is 6.78. The molecule has 0 spiro atoms. The Bertz CT molecular complexity index is 517. The lowest BCUT2D eigenvalue weighted by atomic mass is 9.78. The molecular weight excluding hydrogens is 272 g/mol. The molecule has 2 nitrogen and oxygen atoms in total. The summed E-state index contributed by atoms with van der Waals surface area (Å²) < 4.78 is 0. The lowest BCUT2D eigenvalue weighted by molar-refractivity contribution is -0.132. The van der Waals surface area contributed by atoms with Crippen LogP contribution in [0.15, 0.2) is 35.9 Å². The van der Waals surface area contributed by atoms with Crippen LogP contribution in [0.3, 0.4) is 0 Å². The lowest BCUT2D eigenvalue weighted by Gasteiger charge is -2.27. The van der Waals surface area contributed by atoms with Gasteiger partial charge < -0.3 is 5.11 Å². The van der Waals surface area contributed by atoms with E-state index in [1.54, 1.807) is 0 Å². The molecule has 1 N–H and O–H groups in total. The van der Waals surface area contributed by atoms with E-state index in [4.69, 9.17) is 5.11 Å². The van der Waals surface area contributed by atoms with Crippen molar-refractivity contribution >= 4 is 5.97 Å². The minimum Gasteiger partial charge on any atom is -0.478 e. The fraction of sp³-hybridized carbons (Fsp3) is 0.550. The minimum atomic E-state index is -0.756. The smallest absolute Gasteiger partial charge is 0.331 e. The summed E-state index contributed by atoms with van der Waals surface area (Å²) in [5, 5.41) is 9.14. The molecule has 0 aromatic heterocycles. The Labute approximate surface area is 134 Å². The Balaban J connectivity index is 1.95. The maximum atomic E-state index is 11.1. The molecule has 2 heteroatoms. The van der Waals surface area contributed by atoms with Crippen LogP contribution in [-0.2, 0) is 4.79 Å². The van der Waals surface area contributed by atoms with E-state index in [0.717, 1.165) is 12.8 Å². The number of hydrogen-bond acceptors (Lipinski definition) is 1. The van der Waals surface area contributed by atoms with Crippen molar-refractivity contribution in [1.29, 1.82) is 0 Å². The summed E-state index contributed by atoms with van der Waals surface area (Å²) >= 11 is 0. The minimum absolute atomic E-state index is 0.442. The Morgan fingerprint density at radius 2 is 1.77 bits per heavy atom. The third kappa shape index (κ3) is 4.22. The lowest BCUT2D eigenvalue weighted by Crippen LogP contribution is -2.13. The van der Waals surface area contributed by atoms with E-state index in [-0.39, 0.29) is 0 Å². The normalized spacial score (nSPS) is 22.8. The van der Waals surface area contributed by atoms with Crippen LogP contribution < -0.4 is 0 Å². The first-order valence-corrected chi connectivity index (χ1v) is 8.55. The van der Waals surface area contributed by atoms with Crippen molar-refractivity contribution in [3.63, 3.8) is 0 Å². The largest absolute Gasteiger partial charge is 0.478 e. The van der Waals surface area contributed by atoms with Crippen LogP contribution in [0.1, 0.15) is 75.8 Å². The summed E-state index contributed by atoms with van der Waals surface area (Å²) in [6.45, 7) is 6.36. The van der Waals surface area contributed by atoms with Gasteiger partial charge in [-0.25, -0.2) is 4.79 Å². The second kappa shape index (κ2) is 7.62. The highest BCUT2D eigenvalue weighted by Crippen LogP contribution is 2.37. The summed E-state index contributed by atoms with van der Waals surface area (Å²) in [5.74, 6) is 0.908. The van der Waals surface area contributed by atoms with Gasteiger partial charge in [-0.1, -0.05) is 51.1 Å². The zero-order valence-electron chi connectivity index (χ0n) is 14.0. The molecule has 2 rings (SSSR count). The van der Waals surface area contributed by atoms with Crippen LogP contribution >= 0.6 is 0 Å². The third-order valence-corrected chi connectivity index (χ3v) is 4.94. The topological polar surface area (TPSA) is 37.3 Å². The van der Waals surface area contributed by atoms with Gasteiger partial charge >= 0.3 is 5.97 Å². The molecule has 22 heavy (non-hydrogen) atoms. The number of benzene rings is 1. The van der Waals surface area contributed by atoms with E-state index >= 15 is 0 Å². The van der Waals surface area contributed by atoms with Crippen LogP contribution in [0.2, 0.25) is 0 Å². The summed E-state index contributed by atoms with van der Waals surface area (Å²) in [5.41, 5.74) is 3.42. The zero-order chi connectivity index (χ0) is 16.1. The Morgan fingerprint density at radius 1 is 1.18 bits per heavy atom. The predicted octanol–water partition coefficient (Wildman–Crippen LogP) is 5.50. The first kappa shape index (κ1) is 16.8. The van der Waals surface area contributed by atoms with Gasteiger partial charge in [-0.3, -0.25) is 0 Å². The molecule has 0 atom stereocenters. The van der Waals surface area contributed by atoms with Crippen molar-refractivity contribution in [2.24, 2.45) is 5.92 Å². The third-order valence-electron chi connectivity index (χ3n) is 4.94. The first-order chi connectivity index (χ1) is 10.5. The molecule has 0 amide bonds. The Kier molecular flexibility index (Phi) is 5.82. The van der Waals surface area contributed by atoms with Gasteiger partial charge in [0.05, 0.1) is 0 Å². The molecule has 120 valence electrons.